The third kappa shape index (κ3) is 2.08. The van der Waals surface area contributed by atoms with E-state index in [1.54, 1.807) is 7.11 Å². The molecule has 0 aliphatic heterocycles. The predicted octanol–water partition coefficient (Wildman–Crippen LogP) is 3.45. The summed E-state index contributed by atoms with van der Waals surface area (Å²) in [5, 5.41) is 1.79. The van der Waals surface area contributed by atoms with Crippen molar-refractivity contribution >= 4 is 22.5 Å². The number of methoxy groups -OCH3 is 1. The average Bonchev–Trinajstić information content (AvgIpc) is 2.71. The number of nitrogens with two attached hydrogens (primary N) is 1. The molecule has 18 heavy (non-hydrogen) atoms. The van der Waals surface area contributed by atoms with Gasteiger partial charge in [0.15, 0.2) is 0 Å². The summed E-state index contributed by atoms with van der Waals surface area (Å²) in [6.07, 6.45) is 0.820. The summed E-state index contributed by atoms with van der Waals surface area (Å²) in [6.45, 7) is 4.93. The van der Waals surface area contributed by atoms with E-state index in [4.69, 9.17) is 22.1 Å². The summed E-state index contributed by atoms with van der Waals surface area (Å²) in [7, 11) is 1.67. The zero-order chi connectivity index (χ0) is 13.3. The molecule has 0 amide bonds. The van der Waals surface area contributed by atoms with Crippen LogP contribution in [0.25, 0.3) is 10.9 Å². The first-order valence-corrected chi connectivity index (χ1v) is 6.55. The fourth-order valence-electron chi connectivity index (χ4n) is 2.39. The average molecular weight is 267 g/mol. The number of aromatic amines is 1. The van der Waals surface area contributed by atoms with Crippen LogP contribution in [0.5, 0.6) is 5.75 Å². The van der Waals surface area contributed by atoms with Gasteiger partial charge in [0.2, 0.25) is 0 Å². The molecule has 0 fully saturated rings. The van der Waals surface area contributed by atoms with Crippen LogP contribution in [0.1, 0.15) is 31.0 Å². The van der Waals surface area contributed by atoms with Gasteiger partial charge in [0, 0.05) is 11.1 Å². The second-order valence-electron chi connectivity index (χ2n) is 4.71. The Morgan fingerprint density at radius 3 is 2.67 bits per heavy atom. The molecule has 98 valence electrons. The standard InChI is InChI=1S/C14H19ClN2O/c1-8(2)13-9(6-7-16)12-10(15)4-5-11(18-3)14(12)17-13/h4-5,8,17H,6-7,16H2,1-3H3. The summed E-state index contributed by atoms with van der Waals surface area (Å²) in [5.74, 6) is 1.22. The van der Waals surface area contributed by atoms with Crippen molar-refractivity contribution in [1.29, 1.82) is 0 Å². The third-order valence-electron chi connectivity index (χ3n) is 3.19. The fourth-order valence-corrected chi connectivity index (χ4v) is 2.66. The van der Waals surface area contributed by atoms with E-state index < -0.39 is 0 Å². The zero-order valence-electron chi connectivity index (χ0n) is 11.0. The second kappa shape index (κ2) is 5.21. The van der Waals surface area contributed by atoms with Crippen LogP contribution in [0.4, 0.5) is 0 Å². The number of aromatic nitrogens is 1. The number of hydrogen-bond acceptors (Lipinski definition) is 2. The number of halogens is 1. The molecule has 1 heterocycles. The Morgan fingerprint density at radius 2 is 2.11 bits per heavy atom. The maximum absolute atomic E-state index is 6.33. The van der Waals surface area contributed by atoms with Crippen LogP contribution in [0.15, 0.2) is 12.1 Å². The molecule has 0 unspecified atom stereocenters. The molecule has 0 saturated carbocycles. The van der Waals surface area contributed by atoms with Gasteiger partial charge in [-0.1, -0.05) is 25.4 Å². The van der Waals surface area contributed by atoms with Crippen molar-refractivity contribution in [2.75, 3.05) is 13.7 Å². The highest BCUT2D eigenvalue weighted by Gasteiger charge is 2.18. The molecule has 2 aromatic rings. The number of fused-ring (bicyclic) bond motifs is 1. The number of nitrogens with one attached hydrogen (secondary N) is 1. The first-order chi connectivity index (χ1) is 8.60. The maximum atomic E-state index is 6.33. The van der Waals surface area contributed by atoms with Gasteiger partial charge in [-0.15, -0.1) is 0 Å². The fraction of sp³-hybridized carbons (Fsp3) is 0.429. The van der Waals surface area contributed by atoms with Gasteiger partial charge in [0.25, 0.3) is 0 Å². The lowest BCUT2D eigenvalue weighted by molar-refractivity contribution is 0.419. The molecule has 3 nitrogen and oxygen atoms in total. The van der Waals surface area contributed by atoms with E-state index in [1.807, 2.05) is 12.1 Å². The van der Waals surface area contributed by atoms with Crippen molar-refractivity contribution in [2.24, 2.45) is 5.73 Å². The van der Waals surface area contributed by atoms with Crippen molar-refractivity contribution < 1.29 is 4.74 Å². The highest BCUT2D eigenvalue weighted by Crippen LogP contribution is 2.37. The van der Waals surface area contributed by atoms with Crippen molar-refractivity contribution in [1.82, 2.24) is 4.98 Å². The first kappa shape index (κ1) is 13.2. The molecule has 1 aromatic carbocycles. The van der Waals surface area contributed by atoms with E-state index in [9.17, 15) is 0 Å². The van der Waals surface area contributed by atoms with E-state index >= 15 is 0 Å². The number of H-pyrrole nitrogens is 1. The SMILES string of the molecule is COc1ccc(Cl)c2c(CCN)c(C(C)C)[nH]c12. The Bertz CT molecular complexity index is 560. The van der Waals surface area contributed by atoms with Gasteiger partial charge in [-0.25, -0.2) is 0 Å². The van der Waals surface area contributed by atoms with Gasteiger partial charge in [-0.3, -0.25) is 0 Å². The van der Waals surface area contributed by atoms with Gasteiger partial charge in [0.05, 0.1) is 17.6 Å². The molecule has 0 spiro atoms. The topological polar surface area (TPSA) is 51.0 Å². The lowest BCUT2D eigenvalue weighted by Crippen LogP contribution is -2.05. The molecule has 0 atom stereocenters. The van der Waals surface area contributed by atoms with Gasteiger partial charge >= 0.3 is 0 Å². The van der Waals surface area contributed by atoms with Crippen LogP contribution in [-0.4, -0.2) is 18.6 Å². The zero-order valence-corrected chi connectivity index (χ0v) is 11.8. The minimum absolute atomic E-state index is 0.403. The minimum atomic E-state index is 0.403. The summed E-state index contributed by atoms with van der Waals surface area (Å²) < 4.78 is 5.39. The van der Waals surface area contributed by atoms with Gasteiger partial charge in [-0.05, 0) is 36.6 Å². The molecule has 0 radical (unpaired) electrons. The second-order valence-corrected chi connectivity index (χ2v) is 5.12. The molecular formula is C14H19ClN2O. The molecule has 0 bridgehead atoms. The lowest BCUT2D eigenvalue weighted by atomic mass is 10.0. The summed E-state index contributed by atoms with van der Waals surface area (Å²) in [5.41, 5.74) is 9.09. The van der Waals surface area contributed by atoms with E-state index in [-0.39, 0.29) is 0 Å². The number of rotatable bonds is 4. The highest BCUT2D eigenvalue weighted by atomic mass is 35.5. The predicted molar refractivity (Wildman–Crippen MR) is 76.7 cm³/mol. The first-order valence-electron chi connectivity index (χ1n) is 6.17. The minimum Gasteiger partial charge on any atom is -0.495 e. The van der Waals surface area contributed by atoms with Crippen molar-refractivity contribution in [3.63, 3.8) is 0 Å². The smallest absolute Gasteiger partial charge is 0.143 e. The largest absolute Gasteiger partial charge is 0.495 e. The van der Waals surface area contributed by atoms with Crippen LogP contribution in [-0.2, 0) is 6.42 Å². The van der Waals surface area contributed by atoms with Crippen LogP contribution in [0.2, 0.25) is 5.02 Å². The Hall–Kier alpha value is -1.19. The molecule has 3 N–H and O–H groups in total. The van der Waals surface area contributed by atoms with Gasteiger partial charge in [-0.2, -0.15) is 0 Å². The normalized spacial score (nSPS) is 11.4. The Morgan fingerprint density at radius 1 is 1.39 bits per heavy atom. The molecule has 1 aromatic heterocycles. The molecule has 4 heteroatoms. The van der Waals surface area contributed by atoms with E-state index in [0.29, 0.717) is 12.5 Å². The van der Waals surface area contributed by atoms with Gasteiger partial charge in [0.1, 0.15) is 5.75 Å². The van der Waals surface area contributed by atoms with E-state index in [2.05, 4.69) is 18.8 Å². The number of ether oxygens (including phenoxy) is 1. The molecule has 0 aliphatic rings. The Labute approximate surface area is 112 Å². The maximum Gasteiger partial charge on any atom is 0.143 e. The van der Waals surface area contributed by atoms with Crippen LogP contribution in [0.3, 0.4) is 0 Å². The molecule has 0 saturated heterocycles. The van der Waals surface area contributed by atoms with Crippen molar-refractivity contribution in [3.8, 4) is 5.75 Å². The van der Waals surface area contributed by atoms with E-state index in [0.717, 1.165) is 28.1 Å². The summed E-state index contributed by atoms with van der Waals surface area (Å²) in [6, 6.07) is 3.76. The van der Waals surface area contributed by atoms with Crippen molar-refractivity contribution in [2.45, 2.75) is 26.2 Å². The molecule has 2 rings (SSSR count). The number of hydrogen-bond donors (Lipinski definition) is 2. The van der Waals surface area contributed by atoms with Crippen molar-refractivity contribution in [3.05, 3.63) is 28.4 Å². The molecule has 0 aliphatic carbocycles. The Kier molecular flexibility index (Phi) is 3.83. The quantitative estimate of drug-likeness (QED) is 0.890. The third-order valence-corrected chi connectivity index (χ3v) is 3.51. The van der Waals surface area contributed by atoms with Crippen LogP contribution >= 0.6 is 11.6 Å². The lowest BCUT2D eigenvalue weighted by Gasteiger charge is -2.07. The van der Waals surface area contributed by atoms with Crippen LogP contribution < -0.4 is 10.5 Å². The van der Waals surface area contributed by atoms with Gasteiger partial charge < -0.3 is 15.5 Å². The highest BCUT2D eigenvalue weighted by molar-refractivity contribution is 6.36. The molecular weight excluding hydrogens is 248 g/mol. The number of benzene rings is 1. The van der Waals surface area contributed by atoms with Crippen LogP contribution in [0, 0.1) is 0 Å². The Balaban J connectivity index is 2.79. The summed E-state index contributed by atoms with van der Waals surface area (Å²) >= 11 is 6.33. The van der Waals surface area contributed by atoms with E-state index in [1.165, 1.54) is 11.3 Å². The monoisotopic (exact) mass is 266 g/mol. The summed E-state index contributed by atoms with van der Waals surface area (Å²) in [4.78, 5) is 3.44.